The second kappa shape index (κ2) is 11.5. The fourth-order valence-corrected chi connectivity index (χ4v) is 8.04. The lowest BCUT2D eigenvalue weighted by atomic mass is 9.64. The normalized spacial score (nSPS) is 32.1. The van der Waals surface area contributed by atoms with Crippen LogP contribution in [0.15, 0.2) is 72.8 Å². The molecular weight excluding hydrogens is 500 g/mol. The third-order valence-corrected chi connectivity index (χ3v) is 9.91. The average Bonchev–Trinajstić information content (AvgIpc) is 3.86. The van der Waals surface area contributed by atoms with E-state index < -0.39 is 0 Å². The van der Waals surface area contributed by atoms with Gasteiger partial charge in [-0.25, -0.2) is 9.59 Å². The molecule has 0 aromatic heterocycles. The van der Waals surface area contributed by atoms with Crippen molar-refractivity contribution in [1.29, 1.82) is 0 Å². The number of hydrogen-bond acceptors (Lipinski definition) is 4. The molecule has 6 nitrogen and oxygen atoms in total. The maximum atomic E-state index is 12.2. The third-order valence-electron chi connectivity index (χ3n) is 9.91. The van der Waals surface area contributed by atoms with E-state index in [9.17, 15) is 9.59 Å². The number of rotatable bonds is 8. The molecule has 2 N–H and O–H groups in total. The van der Waals surface area contributed by atoms with Gasteiger partial charge in [-0.2, -0.15) is 0 Å². The number of hydrogen-bond donors (Lipinski definition) is 2. The summed E-state index contributed by atoms with van der Waals surface area (Å²) < 4.78 is 10.7. The van der Waals surface area contributed by atoms with Crippen LogP contribution < -0.4 is 10.6 Å². The number of fused-ring (bicyclic) bond motifs is 5. The number of ether oxygens (including phenoxy) is 2. The second-order valence-corrected chi connectivity index (χ2v) is 12.1. The molecule has 2 aromatic carbocycles. The summed E-state index contributed by atoms with van der Waals surface area (Å²) in [7, 11) is 0. The zero-order valence-electron chi connectivity index (χ0n) is 23.1. The van der Waals surface area contributed by atoms with Crippen molar-refractivity contribution in [2.45, 2.75) is 63.5 Å². The van der Waals surface area contributed by atoms with E-state index in [0.29, 0.717) is 10.8 Å². The van der Waals surface area contributed by atoms with Crippen LogP contribution in [-0.4, -0.2) is 37.5 Å². The van der Waals surface area contributed by atoms with Gasteiger partial charge in [-0.1, -0.05) is 72.8 Å². The molecule has 0 saturated heterocycles. The van der Waals surface area contributed by atoms with Crippen LogP contribution in [0.1, 0.15) is 62.5 Å². The molecule has 4 aliphatic rings. The van der Waals surface area contributed by atoms with E-state index in [-0.39, 0.29) is 37.5 Å². The van der Waals surface area contributed by atoms with E-state index in [1.807, 2.05) is 85.0 Å². The lowest BCUT2D eigenvalue weighted by Gasteiger charge is -2.43. The highest BCUT2D eigenvalue weighted by Crippen LogP contribution is 2.94. The van der Waals surface area contributed by atoms with Crippen molar-refractivity contribution in [1.82, 2.24) is 10.6 Å². The summed E-state index contributed by atoms with van der Waals surface area (Å²) in [5.41, 5.74) is 3.26. The van der Waals surface area contributed by atoms with Crippen LogP contribution in [0.5, 0.6) is 0 Å². The van der Waals surface area contributed by atoms with Crippen LogP contribution in [0.4, 0.5) is 9.59 Å². The Balaban J connectivity index is 0.848. The first-order valence-electron chi connectivity index (χ1n) is 14.9. The first-order valence-corrected chi connectivity index (χ1v) is 14.9. The Kier molecular flexibility index (Phi) is 7.68. The number of nitrogens with one attached hydrogen (secondary N) is 2. The molecule has 2 amide bonds. The SMILES string of the molecule is O=C(NC1CCC2(CC1)C1C2C12CCC(NC(=O)OC/C=C/c1ccccc1)CC2)OC/C=C/c1ccccc1. The predicted molar refractivity (Wildman–Crippen MR) is 156 cm³/mol. The monoisotopic (exact) mass is 540 g/mol. The lowest BCUT2D eigenvalue weighted by molar-refractivity contribution is 0.0787. The predicted octanol–water partition coefficient (Wildman–Crippen LogP) is 6.98. The fraction of sp³-hybridized carbons (Fsp3) is 0.471. The minimum atomic E-state index is -0.312. The van der Waals surface area contributed by atoms with E-state index in [1.165, 1.54) is 25.7 Å². The molecule has 6 rings (SSSR count). The quantitative estimate of drug-likeness (QED) is 0.379. The molecule has 2 aromatic rings. The number of carbonyl (C=O) groups excluding carboxylic acids is 2. The summed E-state index contributed by atoms with van der Waals surface area (Å²) in [6.45, 7) is 0.561. The highest BCUT2D eigenvalue weighted by Gasteiger charge is 2.89. The summed E-state index contributed by atoms with van der Waals surface area (Å²) in [6.07, 6.45) is 16.1. The standard InChI is InChI=1S/C34H40N2O4/c37-31(39-23-7-13-25-9-3-1-4-10-25)35-27-15-19-33(20-16-27)29-30(33)34(29)21-17-28(18-22-34)36-32(38)40-24-8-14-26-11-5-2-6-12-26/h1-14,27-30H,15-24H2,(H,35,37)(H,36,38)/b13-7+,14-8+. The van der Waals surface area contributed by atoms with Gasteiger partial charge in [-0.3, -0.25) is 0 Å². The molecule has 0 aliphatic heterocycles. The zero-order chi connectivity index (χ0) is 27.4. The highest BCUT2D eigenvalue weighted by atomic mass is 16.6. The van der Waals surface area contributed by atoms with Gasteiger partial charge in [-0.15, -0.1) is 0 Å². The largest absolute Gasteiger partial charge is 0.445 e. The van der Waals surface area contributed by atoms with Gasteiger partial charge >= 0.3 is 12.2 Å². The summed E-state index contributed by atoms with van der Waals surface area (Å²) >= 11 is 0. The van der Waals surface area contributed by atoms with Gasteiger partial charge < -0.3 is 20.1 Å². The van der Waals surface area contributed by atoms with Crippen LogP contribution in [0, 0.1) is 22.7 Å². The zero-order valence-corrected chi connectivity index (χ0v) is 23.1. The average molecular weight is 541 g/mol. The Labute approximate surface area is 237 Å². The summed E-state index contributed by atoms with van der Waals surface area (Å²) in [5, 5.41) is 6.17. The Morgan fingerprint density at radius 1 is 0.650 bits per heavy atom. The van der Waals surface area contributed by atoms with Crippen molar-refractivity contribution >= 4 is 24.3 Å². The molecule has 0 heterocycles. The van der Waals surface area contributed by atoms with Crippen molar-refractivity contribution in [3.63, 3.8) is 0 Å². The van der Waals surface area contributed by atoms with Crippen molar-refractivity contribution < 1.29 is 19.1 Å². The van der Waals surface area contributed by atoms with Crippen LogP contribution in [0.2, 0.25) is 0 Å². The summed E-state index contributed by atoms with van der Waals surface area (Å²) in [4.78, 5) is 24.5. The van der Waals surface area contributed by atoms with Gasteiger partial charge in [-0.05, 0) is 97.3 Å². The second-order valence-electron chi connectivity index (χ2n) is 12.1. The Bertz CT molecular complexity index is 1120. The van der Waals surface area contributed by atoms with E-state index in [4.69, 9.17) is 9.47 Å². The van der Waals surface area contributed by atoms with E-state index >= 15 is 0 Å². The van der Waals surface area contributed by atoms with Crippen LogP contribution in [0.3, 0.4) is 0 Å². The van der Waals surface area contributed by atoms with Gasteiger partial charge in [0.25, 0.3) is 0 Å². The summed E-state index contributed by atoms with van der Waals surface area (Å²) in [5.74, 6) is 1.74. The minimum Gasteiger partial charge on any atom is -0.445 e. The maximum absolute atomic E-state index is 12.2. The first-order chi connectivity index (χ1) is 19.6. The van der Waals surface area contributed by atoms with Gasteiger partial charge in [0.05, 0.1) is 0 Å². The molecule has 2 spiro atoms. The molecule has 0 radical (unpaired) electrons. The topological polar surface area (TPSA) is 76.7 Å². The van der Waals surface area contributed by atoms with Crippen molar-refractivity contribution in [3.8, 4) is 0 Å². The molecule has 0 unspecified atom stereocenters. The fourth-order valence-electron chi connectivity index (χ4n) is 8.04. The molecule has 4 saturated carbocycles. The molecule has 4 fully saturated rings. The highest BCUT2D eigenvalue weighted by molar-refractivity contribution is 5.68. The van der Waals surface area contributed by atoms with E-state index in [0.717, 1.165) is 48.6 Å². The maximum Gasteiger partial charge on any atom is 0.407 e. The Morgan fingerprint density at radius 3 is 1.40 bits per heavy atom. The molecule has 6 heteroatoms. The minimum absolute atomic E-state index is 0.223. The number of alkyl carbamates (subject to hydrolysis) is 2. The van der Waals surface area contributed by atoms with Gasteiger partial charge in [0.15, 0.2) is 0 Å². The Morgan fingerprint density at radius 2 is 1.02 bits per heavy atom. The van der Waals surface area contributed by atoms with Crippen molar-refractivity contribution in [2.75, 3.05) is 13.2 Å². The molecular formula is C34H40N2O4. The van der Waals surface area contributed by atoms with E-state index in [2.05, 4.69) is 10.6 Å². The first kappa shape index (κ1) is 26.7. The summed E-state index contributed by atoms with van der Waals surface area (Å²) in [6, 6.07) is 20.5. The lowest BCUT2D eigenvalue weighted by Crippen LogP contribution is -2.43. The van der Waals surface area contributed by atoms with Crippen LogP contribution in [0.25, 0.3) is 12.2 Å². The number of benzene rings is 2. The molecule has 40 heavy (non-hydrogen) atoms. The van der Waals surface area contributed by atoms with Gasteiger partial charge in [0.2, 0.25) is 0 Å². The molecule has 0 bridgehead atoms. The number of carbonyl (C=O) groups is 2. The van der Waals surface area contributed by atoms with Gasteiger partial charge in [0.1, 0.15) is 13.2 Å². The molecule has 0 atom stereocenters. The van der Waals surface area contributed by atoms with Gasteiger partial charge in [0, 0.05) is 12.1 Å². The van der Waals surface area contributed by atoms with Crippen LogP contribution >= 0.6 is 0 Å². The smallest absolute Gasteiger partial charge is 0.407 e. The molecule has 4 aliphatic carbocycles. The van der Waals surface area contributed by atoms with Crippen LogP contribution in [-0.2, 0) is 9.47 Å². The van der Waals surface area contributed by atoms with E-state index in [1.54, 1.807) is 0 Å². The molecule has 210 valence electrons. The number of amides is 2. The third kappa shape index (κ3) is 5.67. The van der Waals surface area contributed by atoms with Crippen molar-refractivity contribution in [3.05, 3.63) is 83.9 Å². The van der Waals surface area contributed by atoms with Crippen molar-refractivity contribution in [2.24, 2.45) is 22.7 Å². The Hall–Kier alpha value is -3.54.